The average Bonchev–Trinajstić information content (AvgIpc) is 2.50. The lowest BCUT2D eigenvalue weighted by Crippen LogP contribution is -2.03. The Bertz CT molecular complexity index is 409. The topological polar surface area (TPSA) is 26.1 Å². The molecular formula is C19H29NO. The molecule has 116 valence electrons. The molecule has 1 aromatic rings. The van der Waals surface area contributed by atoms with Crippen molar-refractivity contribution in [2.75, 3.05) is 0 Å². The first-order valence-electron chi connectivity index (χ1n) is 8.30. The Hall–Kier alpha value is -1.57. The van der Waals surface area contributed by atoms with Gasteiger partial charge in [0, 0.05) is 5.56 Å². The minimum absolute atomic E-state index is 0.419. The number of allylic oxidation sites excluding steroid dienone is 2. The molecule has 0 fully saturated rings. The largest absolute Gasteiger partial charge is 0.624 e. The second-order valence-electron chi connectivity index (χ2n) is 5.55. The number of hydroxylamine groups is 1. The van der Waals surface area contributed by atoms with Gasteiger partial charge < -0.3 is 5.21 Å². The van der Waals surface area contributed by atoms with Crippen molar-refractivity contribution in [3.05, 3.63) is 53.3 Å². The van der Waals surface area contributed by atoms with Crippen LogP contribution >= 0.6 is 0 Å². The Balaban J connectivity index is 2.06. The van der Waals surface area contributed by atoms with Gasteiger partial charge in [-0.1, -0.05) is 81.9 Å². The second kappa shape index (κ2) is 12.2. The molecule has 0 atom stereocenters. The first-order chi connectivity index (χ1) is 10.3. The Morgan fingerprint density at radius 3 is 2.33 bits per heavy atom. The highest BCUT2D eigenvalue weighted by Crippen LogP contribution is 2.08. The third kappa shape index (κ3) is 9.89. The van der Waals surface area contributed by atoms with E-state index >= 15 is 0 Å². The Labute approximate surface area is 129 Å². The van der Waals surface area contributed by atoms with Gasteiger partial charge in [-0.15, -0.1) is 0 Å². The van der Waals surface area contributed by atoms with Crippen LogP contribution in [0.3, 0.4) is 0 Å². The molecule has 0 N–H and O–H groups in total. The van der Waals surface area contributed by atoms with Gasteiger partial charge in [0.2, 0.25) is 0 Å². The molecule has 2 heteroatoms. The van der Waals surface area contributed by atoms with Crippen molar-refractivity contribution in [1.82, 2.24) is 0 Å². The van der Waals surface area contributed by atoms with Crippen molar-refractivity contribution < 1.29 is 4.74 Å². The standard InChI is InChI=1S/C19H29NO/c1-2-3-4-5-6-7-8-9-10-14-17-20(21)18-19-15-12-11-13-16-19/h10-17H,2-9,18H2,1H3/b14-10+,20-17-. The van der Waals surface area contributed by atoms with Crippen LogP contribution in [0.25, 0.3) is 0 Å². The van der Waals surface area contributed by atoms with Crippen LogP contribution in [-0.4, -0.2) is 11.0 Å². The molecule has 0 spiro atoms. The molecule has 0 radical (unpaired) electrons. The zero-order valence-corrected chi connectivity index (χ0v) is 13.3. The zero-order valence-electron chi connectivity index (χ0n) is 13.3. The fourth-order valence-corrected chi connectivity index (χ4v) is 2.29. The quantitative estimate of drug-likeness (QED) is 0.174. The summed E-state index contributed by atoms with van der Waals surface area (Å²) in [4.78, 5) is 0. The minimum Gasteiger partial charge on any atom is -0.624 e. The van der Waals surface area contributed by atoms with Crippen molar-refractivity contribution in [3.8, 4) is 0 Å². The van der Waals surface area contributed by atoms with Crippen LogP contribution in [0.4, 0.5) is 0 Å². The monoisotopic (exact) mass is 287 g/mol. The van der Waals surface area contributed by atoms with Crippen molar-refractivity contribution in [2.24, 2.45) is 0 Å². The lowest BCUT2D eigenvalue weighted by molar-refractivity contribution is -0.469. The summed E-state index contributed by atoms with van der Waals surface area (Å²) in [5.74, 6) is 0. The Morgan fingerprint density at radius 1 is 0.952 bits per heavy atom. The molecule has 0 aliphatic rings. The molecule has 0 saturated heterocycles. The molecule has 0 aliphatic heterocycles. The molecule has 1 rings (SSSR count). The van der Waals surface area contributed by atoms with E-state index in [1.54, 1.807) is 6.21 Å². The predicted octanol–water partition coefficient (Wildman–Crippen LogP) is 5.46. The second-order valence-corrected chi connectivity index (χ2v) is 5.55. The number of hydrogen-bond acceptors (Lipinski definition) is 1. The van der Waals surface area contributed by atoms with Gasteiger partial charge in [-0.2, -0.15) is 0 Å². The average molecular weight is 287 g/mol. The summed E-state index contributed by atoms with van der Waals surface area (Å²) in [7, 11) is 0. The fourth-order valence-electron chi connectivity index (χ4n) is 2.29. The lowest BCUT2D eigenvalue weighted by atomic mass is 10.1. The lowest BCUT2D eigenvalue weighted by Gasteiger charge is -2.02. The molecule has 0 bridgehead atoms. The maximum Gasteiger partial charge on any atom is 0.178 e. The van der Waals surface area contributed by atoms with E-state index in [1.807, 2.05) is 36.4 Å². The highest BCUT2D eigenvalue weighted by atomic mass is 16.5. The Kier molecular flexibility index (Phi) is 10.1. The zero-order chi connectivity index (χ0) is 15.2. The van der Waals surface area contributed by atoms with E-state index in [9.17, 15) is 5.21 Å². The van der Waals surface area contributed by atoms with E-state index in [1.165, 1.54) is 44.9 Å². The number of hydrogen-bond donors (Lipinski definition) is 0. The van der Waals surface area contributed by atoms with E-state index in [-0.39, 0.29) is 0 Å². The molecule has 0 saturated carbocycles. The van der Waals surface area contributed by atoms with Crippen molar-refractivity contribution in [3.63, 3.8) is 0 Å². The van der Waals surface area contributed by atoms with Gasteiger partial charge in [-0.3, -0.25) is 0 Å². The van der Waals surface area contributed by atoms with E-state index in [0.29, 0.717) is 6.54 Å². The summed E-state index contributed by atoms with van der Waals surface area (Å²) < 4.78 is 0.983. The van der Waals surface area contributed by atoms with Crippen molar-refractivity contribution in [1.29, 1.82) is 0 Å². The Morgan fingerprint density at radius 2 is 1.62 bits per heavy atom. The summed E-state index contributed by atoms with van der Waals surface area (Å²) in [5.41, 5.74) is 1.05. The molecule has 0 aromatic heterocycles. The van der Waals surface area contributed by atoms with E-state index in [4.69, 9.17) is 0 Å². The molecule has 21 heavy (non-hydrogen) atoms. The van der Waals surface area contributed by atoms with Gasteiger partial charge >= 0.3 is 0 Å². The number of benzene rings is 1. The first-order valence-corrected chi connectivity index (χ1v) is 8.30. The number of nitrogens with zero attached hydrogens (tertiary/aromatic N) is 1. The minimum atomic E-state index is 0.419. The number of rotatable bonds is 11. The predicted molar refractivity (Wildman–Crippen MR) is 91.6 cm³/mol. The molecule has 0 aliphatic carbocycles. The van der Waals surface area contributed by atoms with Crippen LogP contribution in [0.5, 0.6) is 0 Å². The highest BCUT2D eigenvalue weighted by molar-refractivity contribution is 5.66. The molecule has 0 unspecified atom stereocenters. The van der Waals surface area contributed by atoms with E-state index in [2.05, 4.69) is 13.0 Å². The van der Waals surface area contributed by atoms with E-state index in [0.717, 1.165) is 16.7 Å². The normalized spacial score (nSPS) is 12.1. The van der Waals surface area contributed by atoms with Crippen LogP contribution < -0.4 is 0 Å². The van der Waals surface area contributed by atoms with Crippen LogP contribution in [0.1, 0.15) is 63.9 Å². The van der Waals surface area contributed by atoms with Crippen molar-refractivity contribution >= 4 is 6.21 Å². The molecule has 2 nitrogen and oxygen atoms in total. The van der Waals surface area contributed by atoms with Crippen molar-refractivity contribution in [2.45, 2.75) is 64.8 Å². The van der Waals surface area contributed by atoms with Gasteiger partial charge in [0.1, 0.15) is 0 Å². The van der Waals surface area contributed by atoms with E-state index < -0.39 is 0 Å². The maximum absolute atomic E-state index is 11.7. The molecule has 1 aromatic carbocycles. The third-order valence-corrected chi connectivity index (χ3v) is 3.54. The van der Waals surface area contributed by atoms with Gasteiger partial charge in [0.05, 0.1) is 0 Å². The SMILES string of the molecule is CCCCCCCCC/C=C/C=[N+](\[O-])Cc1ccccc1. The number of unbranched alkanes of at least 4 members (excludes halogenated alkanes) is 7. The molecule has 0 heterocycles. The van der Waals surface area contributed by atoms with Gasteiger partial charge in [-0.05, 0) is 18.9 Å². The first kappa shape index (κ1) is 17.5. The summed E-state index contributed by atoms with van der Waals surface area (Å²) in [6, 6.07) is 9.82. The summed E-state index contributed by atoms with van der Waals surface area (Å²) in [6.45, 7) is 2.67. The summed E-state index contributed by atoms with van der Waals surface area (Å²) in [6.07, 6.45) is 16.0. The molecule has 0 amide bonds. The van der Waals surface area contributed by atoms with Gasteiger partial charge in [-0.25, -0.2) is 4.74 Å². The van der Waals surface area contributed by atoms with Gasteiger partial charge in [0.25, 0.3) is 0 Å². The van der Waals surface area contributed by atoms with Crippen LogP contribution in [-0.2, 0) is 6.54 Å². The maximum atomic E-state index is 11.7. The fraction of sp³-hybridized carbons (Fsp3) is 0.526. The van der Waals surface area contributed by atoms with Crippen LogP contribution in [0.2, 0.25) is 0 Å². The summed E-state index contributed by atoms with van der Waals surface area (Å²) >= 11 is 0. The highest BCUT2D eigenvalue weighted by Gasteiger charge is 1.95. The summed E-state index contributed by atoms with van der Waals surface area (Å²) in [5, 5.41) is 11.7. The van der Waals surface area contributed by atoms with Crippen LogP contribution in [0, 0.1) is 5.21 Å². The third-order valence-electron chi connectivity index (χ3n) is 3.54. The smallest absolute Gasteiger partial charge is 0.178 e. The molecular weight excluding hydrogens is 258 g/mol. The van der Waals surface area contributed by atoms with Gasteiger partial charge in [0.15, 0.2) is 12.8 Å². The van der Waals surface area contributed by atoms with Crippen LogP contribution in [0.15, 0.2) is 42.5 Å².